The van der Waals surface area contributed by atoms with Crippen LogP contribution in [0.3, 0.4) is 0 Å². The fourth-order valence-electron chi connectivity index (χ4n) is 2.62. The van der Waals surface area contributed by atoms with Crippen molar-refractivity contribution in [2.75, 3.05) is 39.8 Å². The Morgan fingerprint density at radius 1 is 1.25 bits per heavy atom. The Morgan fingerprint density at radius 3 is 2.65 bits per heavy atom. The molecular weight excluding hydrogens is 252 g/mol. The van der Waals surface area contributed by atoms with E-state index >= 15 is 0 Å². The zero-order valence-electron chi connectivity index (χ0n) is 12.5. The van der Waals surface area contributed by atoms with Gasteiger partial charge in [-0.15, -0.1) is 0 Å². The average molecular weight is 276 g/mol. The molecule has 1 aliphatic heterocycles. The predicted octanol–water partition coefficient (Wildman–Crippen LogP) is 1.79. The van der Waals surface area contributed by atoms with Crippen molar-refractivity contribution in [2.24, 2.45) is 0 Å². The highest BCUT2D eigenvalue weighted by atomic mass is 16.5. The number of rotatable bonds is 5. The quantitative estimate of drug-likeness (QED) is 0.822. The minimum Gasteiger partial charge on any atom is -0.497 e. The van der Waals surface area contributed by atoms with Crippen molar-refractivity contribution >= 4 is 5.91 Å². The van der Waals surface area contributed by atoms with E-state index in [0.29, 0.717) is 0 Å². The molecule has 2 rings (SSSR count). The molecule has 0 radical (unpaired) electrons. The largest absolute Gasteiger partial charge is 0.497 e. The molecule has 0 spiro atoms. The highest BCUT2D eigenvalue weighted by molar-refractivity contribution is 5.73. The second kappa shape index (κ2) is 7.29. The molecule has 0 aromatic heterocycles. The van der Waals surface area contributed by atoms with Crippen LogP contribution in [-0.4, -0.2) is 55.5 Å². The van der Waals surface area contributed by atoms with Crippen molar-refractivity contribution in [1.82, 2.24) is 9.80 Å². The minimum absolute atomic E-state index is 0.195. The first-order chi connectivity index (χ1) is 9.69. The summed E-state index contributed by atoms with van der Waals surface area (Å²) < 4.78 is 5.24. The number of nitrogens with zero attached hydrogens (tertiary/aromatic N) is 2. The first-order valence-electron chi connectivity index (χ1n) is 7.30. The van der Waals surface area contributed by atoms with Crippen LogP contribution in [0.1, 0.15) is 18.9 Å². The number of carbonyl (C=O) groups is 1. The van der Waals surface area contributed by atoms with Crippen LogP contribution in [-0.2, 0) is 11.2 Å². The van der Waals surface area contributed by atoms with Gasteiger partial charge in [-0.2, -0.15) is 0 Å². The van der Waals surface area contributed by atoms with Gasteiger partial charge in [-0.05, 0) is 37.1 Å². The number of methoxy groups -OCH3 is 1. The molecule has 0 saturated carbocycles. The Hall–Kier alpha value is -1.55. The van der Waals surface area contributed by atoms with E-state index in [1.807, 2.05) is 17.0 Å². The molecule has 1 aromatic rings. The molecular formula is C16H24N2O2. The number of piperazine rings is 1. The molecule has 1 heterocycles. The third-order valence-corrected chi connectivity index (χ3v) is 3.89. The molecule has 0 unspecified atom stereocenters. The van der Waals surface area contributed by atoms with Gasteiger partial charge < -0.3 is 9.64 Å². The molecule has 4 heteroatoms. The Labute approximate surface area is 121 Å². The Balaban J connectivity index is 1.70. The molecule has 1 aromatic carbocycles. The van der Waals surface area contributed by atoms with Crippen LogP contribution in [0, 0.1) is 0 Å². The van der Waals surface area contributed by atoms with E-state index in [4.69, 9.17) is 4.74 Å². The maximum absolute atomic E-state index is 11.3. The molecule has 1 fully saturated rings. The number of ether oxygens (including phenoxy) is 1. The van der Waals surface area contributed by atoms with Gasteiger partial charge in [0.1, 0.15) is 5.75 Å². The van der Waals surface area contributed by atoms with Crippen molar-refractivity contribution in [3.8, 4) is 5.75 Å². The normalized spacial score (nSPS) is 16.2. The molecule has 110 valence electrons. The average Bonchev–Trinajstić information content (AvgIpc) is 2.48. The summed E-state index contributed by atoms with van der Waals surface area (Å²) in [6.45, 7) is 6.49. The summed E-state index contributed by atoms with van der Waals surface area (Å²) in [5.41, 5.74) is 1.33. The summed E-state index contributed by atoms with van der Waals surface area (Å²) in [7, 11) is 1.70. The fourth-order valence-corrected chi connectivity index (χ4v) is 2.62. The van der Waals surface area contributed by atoms with Crippen molar-refractivity contribution in [3.63, 3.8) is 0 Å². The molecule has 0 atom stereocenters. The van der Waals surface area contributed by atoms with Crippen LogP contribution < -0.4 is 4.74 Å². The van der Waals surface area contributed by atoms with Crippen LogP contribution in [0.15, 0.2) is 24.3 Å². The van der Waals surface area contributed by atoms with Gasteiger partial charge in [0, 0.05) is 33.1 Å². The summed E-state index contributed by atoms with van der Waals surface area (Å²) in [4.78, 5) is 15.6. The van der Waals surface area contributed by atoms with E-state index in [1.54, 1.807) is 14.0 Å². The summed E-state index contributed by atoms with van der Waals surface area (Å²) in [5.74, 6) is 1.12. The summed E-state index contributed by atoms with van der Waals surface area (Å²) in [6, 6.07) is 8.27. The zero-order chi connectivity index (χ0) is 14.4. The summed E-state index contributed by atoms with van der Waals surface area (Å²) in [5, 5.41) is 0. The highest BCUT2D eigenvalue weighted by Gasteiger charge is 2.17. The van der Waals surface area contributed by atoms with Gasteiger partial charge in [-0.1, -0.05) is 12.1 Å². The smallest absolute Gasteiger partial charge is 0.219 e. The van der Waals surface area contributed by atoms with Gasteiger partial charge in [0.05, 0.1) is 7.11 Å². The van der Waals surface area contributed by atoms with E-state index in [2.05, 4.69) is 17.0 Å². The first kappa shape index (κ1) is 14.9. The van der Waals surface area contributed by atoms with E-state index in [1.165, 1.54) is 5.56 Å². The van der Waals surface area contributed by atoms with Crippen molar-refractivity contribution < 1.29 is 9.53 Å². The lowest BCUT2D eigenvalue weighted by molar-refractivity contribution is -0.130. The van der Waals surface area contributed by atoms with E-state index in [9.17, 15) is 4.79 Å². The Kier molecular flexibility index (Phi) is 5.41. The number of hydrogen-bond donors (Lipinski definition) is 0. The van der Waals surface area contributed by atoms with Crippen LogP contribution in [0.4, 0.5) is 0 Å². The molecule has 4 nitrogen and oxygen atoms in total. The van der Waals surface area contributed by atoms with Gasteiger partial charge in [0.25, 0.3) is 0 Å². The maximum Gasteiger partial charge on any atom is 0.219 e. The molecule has 0 bridgehead atoms. The summed E-state index contributed by atoms with van der Waals surface area (Å²) >= 11 is 0. The Bertz CT molecular complexity index is 440. The fraction of sp³-hybridized carbons (Fsp3) is 0.562. The minimum atomic E-state index is 0.195. The molecule has 0 aliphatic carbocycles. The van der Waals surface area contributed by atoms with Crippen LogP contribution in [0.2, 0.25) is 0 Å². The van der Waals surface area contributed by atoms with Crippen molar-refractivity contribution in [3.05, 3.63) is 29.8 Å². The number of aryl methyl sites for hydroxylation is 1. The van der Waals surface area contributed by atoms with Crippen molar-refractivity contribution in [1.29, 1.82) is 0 Å². The zero-order valence-corrected chi connectivity index (χ0v) is 12.5. The molecule has 1 amide bonds. The molecule has 0 N–H and O–H groups in total. The first-order valence-corrected chi connectivity index (χ1v) is 7.30. The van der Waals surface area contributed by atoms with E-state index in [-0.39, 0.29) is 5.91 Å². The number of hydrogen-bond acceptors (Lipinski definition) is 3. The second-order valence-electron chi connectivity index (χ2n) is 5.30. The molecule has 1 aliphatic rings. The van der Waals surface area contributed by atoms with Gasteiger partial charge in [-0.25, -0.2) is 0 Å². The SMILES string of the molecule is COc1cccc(CCCN2CCN(C(C)=O)CC2)c1. The predicted molar refractivity (Wildman–Crippen MR) is 80.0 cm³/mol. The number of amides is 1. The lowest BCUT2D eigenvalue weighted by atomic mass is 10.1. The van der Waals surface area contributed by atoms with Gasteiger partial charge in [0.15, 0.2) is 0 Å². The van der Waals surface area contributed by atoms with Crippen LogP contribution >= 0.6 is 0 Å². The third-order valence-electron chi connectivity index (χ3n) is 3.89. The molecule has 20 heavy (non-hydrogen) atoms. The van der Waals surface area contributed by atoms with Crippen LogP contribution in [0.5, 0.6) is 5.75 Å². The number of carbonyl (C=O) groups excluding carboxylic acids is 1. The molecule has 1 saturated heterocycles. The maximum atomic E-state index is 11.3. The Morgan fingerprint density at radius 2 is 2.00 bits per heavy atom. The standard InChI is InChI=1S/C16H24N2O2/c1-14(19)18-11-9-17(10-12-18)8-4-6-15-5-3-7-16(13-15)20-2/h3,5,7,13H,4,6,8-12H2,1-2H3. The van der Waals surface area contributed by atoms with Gasteiger partial charge >= 0.3 is 0 Å². The lowest BCUT2D eigenvalue weighted by Gasteiger charge is -2.34. The van der Waals surface area contributed by atoms with E-state index in [0.717, 1.165) is 51.3 Å². The number of benzene rings is 1. The summed E-state index contributed by atoms with van der Waals surface area (Å²) in [6.07, 6.45) is 2.22. The third kappa shape index (κ3) is 4.23. The lowest BCUT2D eigenvalue weighted by Crippen LogP contribution is -2.48. The van der Waals surface area contributed by atoms with E-state index < -0.39 is 0 Å². The van der Waals surface area contributed by atoms with Crippen molar-refractivity contribution in [2.45, 2.75) is 19.8 Å². The van der Waals surface area contributed by atoms with Crippen LogP contribution in [0.25, 0.3) is 0 Å². The monoisotopic (exact) mass is 276 g/mol. The van der Waals surface area contributed by atoms with Gasteiger partial charge in [-0.3, -0.25) is 9.69 Å². The van der Waals surface area contributed by atoms with Gasteiger partial charge in [0.2, 0.25) is 5.91 Å². The highest BCUT2D eigenvalue weighted by Crippen LogP contribution is 2.14. The topological polar surface area (TPSA) is 32.8 Å². The second-order valence-corrected chi connectivity index (χ2v) is 5.30.